The molecule has 1 fully saturated rings. The molecule has 1 aromatic carbocycles. The van der Waals surface area contributed by atoms with E-state index in [1.165, 1.54) is 6.07 Å². The quantitative estimate of drug-likeness (QED) is 0.841. The van der Waals surface area contributed by atoms with E-state index in [1.807, 2.05) is 6.92 Å². The Morgan fingerprint density at radius 2 is 2.22 bits per heavy atom. The normalized spacial score (nSPS) is 19.2. The third-order valence-electron chi connectivity index (χ3n) is 3.25. The van der Waals surface area contributed by atoms with Gasteiger partial charge in [-0.3, -0.25) is 0 Å². The van der Waals surface area contributed by atoms with Crippen molar-refractivity contribution >= 4 is 11.4 Å². The minimum atomic E-state index is -0.880. The van der Waals surface area contributed by atoms with E-state index in [9.17, 15) is 8.78 Å². The number of hydrogen-bond donors (Lipinski definition) is 1. The molecule has 5 heteroatoms. The Kier molecular flexibility index (Phi) is 4.01. The number of benzene rings is 1. The number of hydrogen-bond acceptors (Lipinski definition) is 3. The van der Waals surface area contributed by atoms with Crippen LogP contribution in [-0.2, 0) is 4.74 Å². The van der Waals surface area contributed by atoms with E-state index >= 15 is 0 Å². The number of rotatable bonds is 4. The maximum atomic E-state index is 13.8. The summed E-state index contributed by atoms with van der Waals surface area (Å²) in [6.07, 6.45) is 2.04. The first-order chi connectivity index (χ1) is 8.63. The van der Waals surface area contributed by atoms with E-state index in [0.717, 1.165) is 25.5 Å². The highest BCUT2D eigenvalue weighted by Crippen LogP contribution is 2.29. The summed E-state index contributed by atoms with van der Waals surface area (Å²) in [5.41, 5.74) is 6.16. The average Bonchev–Trinajstić information content (AvgIpc) is 2.86. The second-order valence-corrected chi connectivity index (χ2v) is 4.47. The van der Waals surface area contributed by atoms with E-state index in [0.29, 0.717) is 13.1 Å². The summed E-state index contributed by atoms with van der Waals surface area (Å²) in [4.78, 5) is 1.74. The molecule has 1 heterocycles. The smallest absolute Gasteiger partial charge is 0.184 e. The zero-order valence-electron chi connectivity index (χ0n) is 10.5. The van der Waals surface area contributed by atoms with Crippen LogP contribution in [0, 0.1) is 11.6 Å². The number of ether oxygens (including phenoxy) is 1. The summed E-state index contributed by atoms with van der Waals surface area (Å²) in [5, 5.41) is 0. The van der Waals surface area contributed by atoms with Gasteiger partial charge in [0.25, 0.3) is 0 Å². The van der Waals surface area contributed by atoms with Gasteiger partial charge < -0.3 is 15.4 Å². The number of nitrogens with two attached hydrogens (primary N) is 1. The van der Waals surface area contributed by atoms with Crippen LogP contribution in [0.25, 0.3) is 0 Å². The van der Waals surface area contributed by atoms with Crippen LogP contribution >= 0.6 is 0 Å². The number of nitrogen functional groups attached to an aromatic ring is 1. The number of halogens is 2. The molecular formula is C13H18F2N2O. The predicted molar refractivity (Wildman–Crippen MR) is 67.6 cm³/mol. The van der Waals surface area contributed by atoms with Gasteiger partial charge in [-0.05, 0) is 31.9 Å². The highest BCUT2D eigenvalue weighted by Gasteiger charge is 2.23. The van der Waals surface area contributed by atoms with E-state index in [4.69, 9.17) is 10.5 Å². The van der Waals surface area contributed by atoms with Crippen LogP contribution in [0.2, 0.25) is 0 Å². The van der Waals surface area contributed by atoms with Crippen molar-refractivity contribution in [3.63, 3.8) is 0 Å². The topological polar surface area (TPSA) is 38.5 Å². The molecule has 100 valence electrons. The fraction of sp³-hybridized carbons (Fsp3) is 0.538. The van der Waals surface area contributed by atoms with Crippen LogP contribution in [-0.4, -0.2) is 25.8 Å². The van der Waals surface area contributed by atoms with Gasteiger partial charge in [-0.2, -0.15) is 0 Å². The van der Waals surface area contributed by atoms with Crippen molar-refractivity contribution in [1.29, 1.82) is 0 Å². The average molecular weight is 256 g/mol. The SMILES string of the molecule is CCN(CC1CCCO1)c1c(N)ccc(F)c1F. The second kappa shape index (κ2) is 5.52. The molecule has 1 aliphatic rings. The van der Waals surface area contributed by atoms with Gasteiger partial charge in [-0.15, -0.1) is 0 Å². The molecule has 0 radical (unpaired) electrons. The van der Waals surface area contributed by atoms with Crippen molar-refractivity contribution in [3.05, 3.63) is 23.8 Å². The Balaban J connectivity index is 2.23. The van der Waals surface area contributed by atoms with Crippen molar-refractivity contribution < 1.29 is 13.5 Å². The van der Waals surface area contributed by atoms with Crippen LogP contribution in [0.4, 0.5) is 20.2 Å². The van der Waals surface area contributed by atoms with Crippen LogP contribution in [0.15, 0.2) is 12.1 Å². The highest BCUT2D eigenvalue weighted by molar-refractivity contribution is 5.68. The third-order valence-corrected chi connectivity index (χ3v) is 3.25. The van der Waals surface area contributed by atoms with Gasteiger partial charge in [0.1, 0.15) is 0 Å². The van der Waals surface area contributed by atoms with E-state index < -0.39 is 11.6 Å². The van der Waals surface area contributed by atoms with Gasteiger partial charge in [0.15, 0.2) is 11.6 Å². The first-order valence-corrected chi connectivity index (χ1v) is 6.23. The number of anilines is 2. The Hall–Kier alpha value is -1.36. The zero-order chi connectivity index (χ0) is 13.1. The van der Waals surface area contributed by atoms with Crippen molar-refractivity contribution in [3.8, 4) is 0 Å². The molecule has 1 saturated heterocycles. The van der Waals surface area contributed by atoms with Crippen LogP contribution in [0.1, 0.15) is 19.8 Å². The van der Waals surface area contributed by atoms with Gasteiger partial charge >= 0.3 is 0 Å². The Bertz CT molecular complexity index is 420. The molecule has 3 nitrogen and oxygen atoms in total. The molecule has 0 amide bonds. The predicted octanol–water partition coefficient (Wildman–Crippen LogP) is 2.55. The summed E-state index contributed by atoms with van der Waals surface area (Å²) in [6, 6.07) is 2.44. The fourth-order valence-electron chi connectivity index (χ4n) is 2.29. The zero-order valence-corrected chi connectivity index (χ0v) is 10.5. The molecule has 0 saturated carbocycles. The lowest BCUT2D eigenvalue weighted by Crippen LogP contribution is -2.33. The molecule has 18 heavy (non-hydrogen) atoms. The molecule has 0 bridgehead atoms. The highest BCUT2D eigenvalue weighted by atomic mass is 19.2. The molecule has 1 aromatic rings. The van der Waals surface area contributed by atoms with E-state index in [-0.39, 0.29) is 17.5 Å². The lowest BCUT2D eigenvalue weighted by molar-refractivity contribution is 0.115. The van der Waals surface area contributed by atoms with Crippen LogP contribution in [0.5, 0.6) is 0 Å². The minimum Gasteiger partial charge on any atom is -0.397 e. The monoisotopic (exact) mass is 256 g/mol. The maximum absolute atomic E-state index is 13.8. The minimum absolute atomic E-state index is 0.0759. The van der Waals surface area contributed by atoms with Gasteiger partial charge in [0.2, 0.25) is 0 Å². The molecule has 0 spiro atoms. The maximum Gasteiger partial charge on any atom is 0.184 e. The van der Waals surface area contributed by atoms with Gasteiger partial charge in [0.05, 0.1) is 17.5 Å². The number of likely N-dealkylation sites (N-methyl/N-ethyl adjacent to an activating group) is 1. The number of nitrogens with zero attached hydrogens (tertiary/aromatic N) is 1. The molecule has 2 rings (SSSR count). The Labute approximate surface area is 106 Å². The molecule has 1 aliphatic heterocycles. The third kappa shape index (κ3) is 2.56. The molecule has 1 unspecified atom stereocenters. The molecule has 1 atom stereocenters. The Morgan fingerprint density at radius 3 is 2.83 bits per heavy atom. The van der Waals surface area contributed by atoms with Crippen molar-refractivity contribution in [1.82, 2.24) is 0 Å². The van der Waals surface area contributed by atoms with E-state index in [1.54, 1.807) is 4.90 Å². The van der Waals surface area contributed by atoms with Crippen molar-refractivity contribution in [2.75, 3.05) is 30.3 Å². The summed E-state index contributed by atoms with van der Waals surface area (Å²) in [5.74, 6) is -1.75. The lowest BCUT2D eigenvalue weighted by atomic mass is 10.2. The van der Waals surface area contributed by atoms with Gasteiger partial charge in [-0.25, -0.2) is 8.78 Å². The largest absolute Gasteiger partial charge is 0.397 e. The fourth-order valence-corrected chi connectivity index (χ4v) is 2.29. The van der Waals surface area contributed by atoms with Crippen molar-refractivity contribution in [2.45, 2.75) is 25.9 Å². The summed E-state index contributed by atoms with van der Waals surface area (Å²) in [7, 11) is 0. The first-order valence-electron chi connectivity index (χ1n) is 6.23. The second-order valence-electron chi connectivity index (χ2n) is 4.47. The summed E-state index contributed by atoms with van der Waals surface area (Å²) in [6.45, 7) is 3.73. The van der Waals surface area contributed by atoms with Gasteiger partial charge in [0, 0.05) is 19.7 Å². The first kappa shape index (κ1) is 13.1. The van der Waals surface area contributed by atoms with Gasteiger partial charge in [-0.1, -0.05) is 0 Å². The molecular weight excluding hydrogens is 238 g/mol. The standard InChI is InChI=1S/C13H18F2N2O/c1-2-17(8-9-4-3-7-18-9)13-11(16)6-5-10(14)12(13)15/h5-6,9H,2-4,7-8,16H2,1H3. The summed E-state index contributed by atoms with van der Waals surface area (Å²) >= 11 is 0. The van der Waals surface area contributed by atoms with E-state index in [2.05, 4.69) is 0 Å². The molecule has 2 N–H and O–H groups in total. The lowest BCUT2D eigenvalue weighted by Gasteiger charge is -2.27. The molecule has 0 aliphatic carbocycles. The van der Waals surface area contributed by atoms with Crippen LogP contribution in [0.3, 0.4) is 0 Å². The van der Waals surface area contributed by atoms with Crippen molar-refractivity contribution in [2.24, 2.45) is 0 Å². The van der Waals surface area contributed by atoms with Crippen LogP contribution < -0.4 is 10.6 Å². The Morgan fingerprint density at radius 1 is 1.44 bits per heavy atom. The summed E-state index contributed by atoms with van der Waals surface area (Å²) < 4.78 is 32.6. The molecule has 0 aromatic heterocycles.